The number of halogens is 2. The summed E-state index contributed by atoms with van der Waals surface area (Å²) in [6.07, 6.45) is 1.03. The third-order valence-electron chi connectivity index (χ3n) is 7.62. The molecule has 1 saturated heterocycles. The van der Waals surface area contributed by atoms with Gasteiger partial charge in [0.25, 0.3) is 0 Å². The molecule has 0 aliphatic carbocycles. The number of aliphatic hydroxyl groups excluding tert-OH is 2. The Bertz CT molecular complexity index is 1290. The fraction of sp³-hybridized carbons (Fsp3) is 0.464. The second-order valence-corrected chi connectivity index (χ2v) is 17.0. The molecule has 0 unspecified atom stereocenters. The van der Waals surface area contributed by atoms with E-state index in [9.17, 15) is 10.2 Å². The van der Waals surface area contributed by atoms with E-state index in [0.29, 0.717) is 38.2 Å². The van der Waals surface area contributed by atoms with Crippen molar-refractivity contribution in [1.29, 1.82) is 0 Å². The molecule has 6 nitrogen and oxygen atoms in total. The number of fused-ring (bicyclic) bond motifs is 1. The monoisotopic (exact) mass is 558 g/mol. The maximum absolute atomic E-state index is 11.0. The third-order valence-corrected chi connectivity index (χ3v) is 14.4. The van der Waals surface area contributed by atoms with Crippen LogP contribution in [0.3, 0.4) is 0 Å². The van der Waals surface area contributed by atoms with Gasteiger partial charge in [-0.3, -0.25) is 0 Å². The molecule has 1 aliphatic rings. The van der Waals surface area contributed by atoms with E-state index in [1.165, 1.54) is 6.33 Å². The first-order valence-corrected chi connectivity index (χ1v) is 15.6. The molecule has 3 heterocycles. The zero-order valence-electron chi connectivity index (χ0n) is 22.0. The Hall–Kier alpha value is -1.92. The summed E-state index contributed by atoms with van der Waals surface area (Å²) in [6, 6.07) is 7.19. The lowest BCUT2D eigenvalue weighted by Crippen LogP contribution is -2.43. The molecule has 1 radical (unpaired) electrons. The molecule has 0 spiro atoms. The Kier molecular flexibility index (Phi) is 8.39. The zero-order valence-corrected chi connectivity index (χ0v) is 24.5. The van der Waals surface area contributed by atoms with Gasteiger partial charge in [-0.15, -0.1) is 5.54 Å². The summed E-state index contributed by atoms with van der Waals surface area (Å²) in [7, 11) is -2.01. The molecule has 197 valence electrons. The molecule has 1 aromatic carbocycles. The Balaban J connectivity index is 1.75. The van der Waals surface area contributed by atoms with Gasteiger partial charge in [-0.2, -0.15) is 0 Å². The van der Waals surface area contributed by atoms with Gasteiger partial charge in [0.05, 0.1) is 17.1 Å². The molecule has 1 fully saturated rings. The van der Waals surface area contributed by atoms with Crippen molar-refractivity contribution in [3.8, 4) is 11.5 Å². The molecule has 0 saturated carbocycles. The first-order chi connectivity index (χ1) is 17.5. The Morgan fingerprint density at radius 3 is 2.19 bits per heavy atom. The van der Waals surface area contributed by atoms with E-state index < -0.39 is 32.6 Å². The Morgan fingerprint density at radius 1 is 0.973 bits per heavy atom. The van der Waals surface area contributed by atoms with Crippen LogP contribution in [0, 0.1) is 17.9 Å². The van der Waals surface area contributed by atoms with Crippen molar-refractivity contribution in [3.63, 3.8) is 0 Å². The molecule has 37 heavy (non-hydrogen) atoms. The highest BCUT2D eigenvalue weighted by Gasteiger charge is 2.45. The fourth-order valence-corrected chi connectivity index (χ4v) is 11.3. The number of ether oxygens (including phenoxy) is 1. The average Bonchev–Trinajstić information content (AvgIpc) is 3.33. The molecular weight excluding hydrogens is 525 g/mol. The molecule has 9 heteroatoms. The number of hydrogen-bond donors (Lipinski definition) is 2. The predicted octanol–water partition coefficient (Wildman–Crippen LogP) is 6.18. The summed E-state index contributed by atoms with van der Waals surface area (Å²) < 4.78 is 7.87. The standard InChI is InChI=1S/C28H34Cl2N3O3Si/c1-16(2)37(17(3)4,18(5)6)12-11-20-14-33(27-23(20)26(30)31-15-32-27)28-25(35)24(34)22(36-28)13-19-7-9-21(29)10-8-19/h7-10,13-18,22,24-25,28,34-35H,1-6H3/t22-,24+,25+,28+/m0/s1. The first-order valence-electron chi connectivity index (χ1n) is 12.6. The van der Waals surface area contributed by atoms with Gasteiger partial charge in [0.1, 0.15) is 37.4 Å². The molecule has 3 aromatic rings. The third kappa shape index (κ3) is 5.20. The minimum atomic E-state index is -2.01. The van der Waals surface area contributed by atoms with Crippen LogP contribution in [0.15, 0.2) is 36.8 Å². The topological polar surface area (TPSA) is 80.4 Å². The van der Waals surface area contributed by atoms with Crippen molar-refractivity contribution < 1.29 is 14.9 Å². The van der Waals surface area contributed by atoms with Gasteiger partial charge >= 0.3 is 0 Å². The second-order valence-electron chi connectivity index (χ2n) is 10.7. The SMILES string of the molecule is CC(C)[Si](C#Cc1cn([C@@H]2O[C@@H]([CH]c3ccc(Cl)cc3)[C@@H](O)[C@H]2O)c2ncnc(Cl)c12)(C(C)C)C(C)C. The van der Waals surface area contributed by atoms with E-state index in [-0.39, 0.29) is 5.15 Å². The summed E-state index contributed by atoms with van der Waals surface area (Å²) in [4.78, 5) is 8.63. The van der Waals surface area contributed by atoms with Crippen LogP contribution in [-0.2, 0) is 4.74 Å². The number of hydrogen-bond acceptors (Lipinski definition) is 5. The first kappa shape index (κ1) is 28.1. The van der Waals surface area contributed by atoms with Crippen LogP contribution < -0.4 is 0 Å². The van der Waals surface area contributed by atoms with Gasteiger partial charge in [-0.1, -0.05) is 82.8 Å². The van der Waals surface area contributed by atoms with Crippen LogP contribution in [0.2, 0.25) is 26.8 Å². The highest BCUT2D eigenvalue weighted by Crippen LogP contribution is 2.41. The van der Waals surface area contributed by atoms with Crippen LogP contribution in [0.5, 0.6) is 0 Å². The molecule has 0 amide bonds. The van der Waals surface area contributed by atoms with Crippen molar-refractivity contribution in [2.75, 3.05) is 0 Å². The molecule has 2 N–H and O–H groups in total. The van der Waals surface area contributed by atoms with Gasteiger partial charge in [-0.05, 0) is 34.3 Å². The molecule has 0 bridgehead atoms. The van der Waals surface area contributed by atoms with Crippen molar-refractivity contribution in [2.24, 2.45) is 0 Å². The van der Waals surface area contributed by atoms with Gasteiger partial charge in [-0.25, -0.2) is 9.97 Å². The van der Waals surface area contributed by atoms with Crippen LogP contribution in [0.4, 0.5) is 0 Å². The quantitative estimate of drug-likeness (QED) is 0.214. The summed E-state index contributed by atoms with van der Waals surface area (Å²) >= 11 is 12.5. The number of aliphatic hydroxyl groups is 2. The van der Waals surface area contributed by atoms with E-state index in [1.807, 2.05) is 18.3 Å². The highest BCUT2D eigenvalue weighted by atomic mass is 35.5. The lowest BCUT2D eigenvalue weighted by molar-refractivity contribution is -0.0263. The minimum absolute atomic E-state index is 0.288. The van der Waals surface area contributed by atoms with E-state index in [0.717, 1.165) is 5.56 Å². The van der Waals surface area contributed by atoms with E-state index >= 15 is 0 Å². The molecule has 2 aromatic heterocycles. The maximum atomic E-state index is 11.0. The number of aromatic nitrogens is 3. The lowest BCUT2D eigenvalue weighted by Gasteiger charge is -2.38. The van der Waals surface area contributed by atoms with Crippen LogP contribution >= 0.6 is 23.2 Å². The van der Waals surface area contributed by atoms with Crippen molar-refractivity contribution >= 4 is 42.3 Å². The smallest absolute Gasteiger partial charge is 0.164 e. The number of nitrogens with zero attached hydrogens (tertiary/aromatic N) is 3. The van der Waals surface area contributed by atoms with E-state index in [1.54, 1.807) is 23.1 Å². The van der Waals surface area contributed by atoms with Crippen LogP contribution in [-0.4, -0.2) is 51.1 Å². The van der Waals surface area contributed by atoms with E-state index in [4.69, 9.17) is 27.9 Å². The number of rotatable bonds is 6. The number of benzene rings is 1. The molecule has 1 aliphatic heterocycles. The largest absolute Gasteiger partial charge is 0.387 e. The molecule has 4 atom stereocenters. The summed E-state index contributed by atoms with van der Waals surface area (Å²) in [5, 5.41) is 23.3. The summed E-state index contributed by atoms with van der Waals surface area (Å²) in [5.74, 6) is 3.45. The summed E-state index contributed by atoms with van der Waals surface area (Å²) in [6.45, 7) is 13.6. The second kappa shape index (κ2) is 11.1. The van der Waals surface area contributed by atoms with Crippen molar-refractivity contribution in [2.45, 2.75) is 82.7 Å². The van der Waals surface area contributed by atoms with Gasteiger partial charge in [0.2, 0.25) is 0 Å². The minimum Gasteiger partial charge on any atom is -0.387 e. The van der Waals surface area contributed by atoms with E-state index in [2.05, 4.69) is 63.0 Å². The van der Waals surface area contributed by atoms with Crippen molar-refractivity contribution in [1.82, 2.24) is 14.5 Å². The maximum Gasteiger partial charge on any atom is 0.164 e. The van der Waals surface area contributed by atoms with Gasteiger partial charge in [0, 0.05) is 17.6 Å². The Morgan fingerprint density at radius 2 is 1.59 bits per heavy atom. The van der Waals surface area contributed by atoms with Crippen LogP contribution in [0.25, 0.3) is 11.0 Å². The van der Waals surface area contributed by atoms with Crippen LogP contribution in [0.1, 0.15) is 58.9 Å². The zero-order chi connectivity index (χ0) is 27.1. The summed E-state index contributed by atoms with van der Waals surface area (Å²) in [5.41, 5.74) is 7.16. The Labute approximate surface area is 230 Å². The van der Waals surface area contributed by atoms with Gasteiger partial charge in [0.15, 0.2) is 6.23 Å². The lowest BCUT2D eigenvalue weighted by atomic mass is 10.0. The molecular formula is C28H34Cl2N3O3Si. The normalized spacial score (nSPS) is 22.3. The molecule has 4 rings (SSSR count). The predicted molar refractivity (Wildman–Crippen MR) is 151 cm³/mol. The highest BCUT2D eigenvalue weighted by molar-refractivity contribution is 6.90. The average molecular weight is 560 g/mol. The van der Waals surface area contributed by atoms with Gasteiger partial charge < -0.3 is 19.5 Å². The van der Waals surface area contributed by atoms with Crippen molar-refractivity contribution in [3.05, 3.63) is 64.5 Å². The fourth-order valence-electron chi connectivity index (χ4n) is 5.76.